The number of halogens is 3. The third kappa shape index (κ3) is 4.75. The smallest absolute Gasteiger partial charge is 0.393 e. The molecule has 0 aliphatic carbocycles. The molecule has 1 fully saturated rings. The van der Waals surface area contributed by atoms with Crippen LogP contribution in [-0.4, -0.2) is 47.7 Å². The number of likely N-dealkylation sites (tertiary alicyclic amines) is 1. The van der Waals surface area contributed by atoms with Gasteiger partial charge in [-0.15, -0.1) is 0 Å². The number of nitrogens with zero attached hydrogens (tertiary/aromatic N) is 1. The number of nitrogens with one attached hydrogen (secondary N) is 1. The molecule has 2 atom stereocenters. The van der Waals surface area contributed by atoms with Crippen LogP contribution in [0.5, 0.6) is 0 Å². The molecule has 0 unspecified atom stereocenters. The molecule has 26 heavy (non-hydrogen) atoms. The van der Waals surface area contributed by atoms with Crippen molar-refractivity contribution in [1.29, 1.82) is 0 Å². The number of benzene rings is 1. The summed E-state index contributed by atoms with van der Waals surface area (Å²) in [7, 11) is 0. The Hall–Kier alpha value is -2.09. The topological polar surface area (TPSA) is 69.6 Å². The van der Waals surface area contributed by atoms with Gasteiger partial charge in [0.2, 0.25) is 5.91 Å². The lowest BCUT2D eigenvalue weighted by molar-refractivity contribution is -0.188. The molecule has 144 valence electrons. The molecule has 2 N–H and O–H groups in total. The highest BCUT2D eigenvalue weighted by molar-refractivity contribution is 5.93. The van der Waals surface area contributed by atoms with Gasteiger partial charge in [-0.05, 0) is 17.0 Å². The first-order valence-electron chi connectivity index (χ1n) is 8.31. The standard InChI is InChI=1S/C18H23F3N2O3/c1-17(2,3)12-6-4-5-7-14(12)22-15(24)10-23-8-11(16(25)26)13(9-23)18(19,20)21/h4-7,11,13H,8-10H2,1-3H3,(H,22,24)(H,25,26)/t11-,13-/m1/s1. The third-order valence-corrected chi connectivity index (χ3v) is 4.51. The summed E-state index contributed by atoms with van der Waals surface area (Å²) in [6.45, 7) is 4.90. The van der Waals surface area contributed by atoms with Gasteiger partial charge >= 0.3 is 12.1 Å². The second kappa shape index (κ2) is 7.26. The van der Waals surface area contributed by atoms with Gasteiger partial charge in [0.05, 0.1) is 18.4 Å². The summed E-state index contributed by atoms with van der Waals surface area (Å²) in [4.78, 5) is 24.6. The Morgan fingerprint density at radius 1 is 1.19 bits per heavy atom. The molecule has 0 bridgehead atoms. The number of carbonyl (C=O) groups excluding carboxylic acids is 1. The molecule has 1 heterocycles. The van der Waals surface area contributed by atoms with Crippen LogP contribution in [0.3, 0.4) is 0 Å². The first-order valence-corrected chi connectivity index (χ1v) is 8.31. The molecule has 0 radical (unpaired) electrons. The van der Waals surface area contributed by atoms with Crippen LogP contribution in [0.4, 0.5) is 18.9 Å². The van der Waals surface area contributed by atoms with Gasteiger partial charge in [0, 0.05) is 18.8 Å². The van der Waals surface area contributed by atoms with Gasteiger partial charge in [-0.2, -0.15) is 13.2 Å². The molecule has 1 amide bonds. The highest BCUT2D eigenvalue weighted by Gasteiger charge is 2.52. The van der Waals surface area contributed by atoms with E-state index >= 15 is 0 Å². The maximum Gasteiger partial charge on any atom is 0.393 e. The Kier molecular flexibility index (Phi) is 5.65. The summed E-state index contributed by atoms with van der Waals surface area (Å²) in [5.41, 5.74) is 1.30. The first kappa shape index (κ1) is 20.2. The summed E-state index contributed by atoms with van der Waals surface area (Å²) in [6.07, 6.45) is -4.60. The molecule has 1 saturated heterocycles. The maximum absolute atomic E-state index is 13.0. The minimum Gasteiger partial charge on any atom is -0.481 e. The number of anilines is 1. The largest absolute Gasteiger partial charge is 0.481 e. The van der Waals surface area contributed by atoms with E-state index in [4.69, 9.17) is 5.11 Å². The van der Waals surface area contributed by atoms with Crippen molar-refractivity contribution < 1.29 is 27.9 Å². The van der Waals surface area contributed by atoms with Crippen molar-refractivity contribution in [3.8, 4) is 0 Å². The molecule has 0 saturated carbocycles. The zero-order valence-electron chi connectivity index (χ0n) is 14.9. The van der Waals surface area contributed by atoms with Gasteiger partial charge in [-0.3, -0.25) is 14.5 Å². The zero-order valence-corrected chi connectivity index (χ0v) is 14.9. The third-order valence-electron chi connectivity index (χ3n) is 4.51. The van der Waals surface area contributed by atoms with Crippen molar-refractivity contribution in [2.24, 2.45) is 11.8 Å². The molecule has 0 spiro atoms. The van der Waals surface area contributed by atoms with Gasteiger partial charge in [0.1, 0.15) is 0 Å². The minimum absolute atomic E-state index is 0.215. The van der Waals surface area contributed by atoms with E-state index in [1.807, 2.05) is 32.9 Å². The fourth-order valence-corrected chi connectivity index (χ4v) is 3.24. The number of rotatable bonds is 4. The number of para-hydroxylation sites is 1. The van der Waals surface area contributed by atoms with Crippen LogP contribution in [0.2, 0.25) is 0 Å². The van der Waals surface area contributed by atoms with Crippen LogP contribution in [0.1, 0.15) is 26.3 Å². The molecule has 8 heteroatoms. The summed E-state index contributed by atoms with van der Waals surface area (Å²) in [6, 6.07) is 7.23. The van der Waals surface area contributed by atoms with Crippen molar-refractivity contribution in [2.45, 2.75) is 32.4 Å². The van der Waals surface area contributed by atoms with E-state index in [1.165, 1.54) is 4.90 Å². The number of carboxylic acids is 1. The van der Waals surface area contributed by atoms with Gasteiger partial charge < -0.3 is 10.4 Å². The van der Waals surface area contributed by atoms with Gasteiger partial charge in [0.15, 0.2) is 0 Å². The van der Waals surface area contributed by atoms with E-state index in [2.05, 4.69) is 5.32 Å². The predicted octanol–water partition coefficient (Wildman–Crippen LogP) is 3.12. The lowest BCUT2D eigenvalue weighted by Gasteiger charge is -2.23. The Bertz CT molecular complexity index is 683. The average molecular weight is 372 g/mol. The fraction of sp³-hybridized carbons (Fsp3) is 0.556. The van der Waals surface area contributed by atoms with Gasteiger partial charge in [-0.1, -0.05) is 39.0 Å². The molecular weight excluding hydrogens is 349 g/mol. The summed E-state index contributed by atoms with van der Waals surface area (Å²) in [5.74, 6) is -5.47. The number of alkyl halides is 3. The Balaban J connectivity index is 2.07. The minimum atomic E-state index is -4.60. The molecule has 5 nitrogen and oxygen atoms in total. The van der Waals surface area contributed by atoms with Crippen molar-refractivity contribution in [3.05, 3.63) is 29.8 Å². The molecular formula is C18H23F3N2O3. The van der Waals surface area contributed by atoms with E-state index in [-0.39, 0.29) is 18.5 Å². The van der Waals surface area contributed by atoms with Crippen LogP contribution in [0, 0.1) is 11.8 Å². The molecule has 1 aromatic rings. The molecule has 2 rings (SSSR count). The second-order valence-corrected chi connectivity index (χ2v) is 7.63. The van der Waals surface area contributed by atoms with E-state index in [9.17, 15) is 22.8 Å². The van der Waals surface area contributed by atoms with Crippen molar-refractivity contribution in [3.63, 3.8) is 0 Å². The Labute approximate surface area is 150 Å². The summed E-state index contributed by atoms with van der Waals surface area (Å²) < 4.78 is 39.1. The lowest BCUT2D eigenvalue weighted by Crippen LogP contribution is -2.34. The summed E-state index contributed by atoms with van der Waals surface area (Å²) >= 11 is 0. The SMILES string of the molecule is CC(C)(C)c1ccccc1NC(=O)CN1C[C@@H](C(F)(F)F)[C@H](C(=O)O)C1. The number of carbonyl (C=O) groups is 2. The van der Waals surface area contributed by atoms with Crippen LogP contribution in [-0.2, 0) is 15.0 Å². The second-order valence-electron chi connectivity index (χ2n) is 7.63. The average Bonchev–Trinajstić information content (AvgIpc) is 2.90. The van der Waals surface area contributed by atoms with Gasteiger partial charge in [-0.25, -0.2) is 0 Å². The monoisotopic (exact) mass is 372 g/mol. The van der Waals surface area contributed by atoms with E-state index in [0.29, 0.717) is 5.69 Å². The van der Waals surface area contributed by atoms with E-state index in [0.717, 1.165) is 5.56 Å². The van der Waals surface area contributed by atoms with Crippen molar-refractivity contribution in [1.82, 2.24) is 4.90 Å². The molecule has 1 aromatic carbocycles. The molecule has 1 aliphatic rings. The van der Waals surface area contributed by atoms with Crippen LogP contribution < -0.4 is 5.32 Å². The Morgan fingerprint density at radius 2 is 1.81 bits per heavy atom. The van der Waals surface area contributed by atoms with Crippen molar-refractivity contribution in [2.75, 3.05) is 25.0 Å². The number of carboxylic acid groups (broad SMARTS) is 1. The van der Waals surface area contributed by atoms with Crippen molar-refractivity contribution >= 4 is 17.6 Å². The zero-order chi connectivity index (χ0) is 19.7. The predicted molar refractivity (Wildman–Crippen MR) is 90.9 cm³/mol. The van der Waals surface area contributed by atoms with Gasteiger partial charge in [0.25, 0.3) is 0 Å². The number of hydrogen-bond donors (Lipinski definition) is 2. The Morgan fingerprint density at radius 3 is 2.31 bits per heavy atom. The first-order chi connectivity index (χ1) is 11.9. The van der Waals surface area contributed by atoms with Crippen LogP contribution >= 0.6 is 0 Å². The highest BCUT2D eigenvalue weighted by atomic mass is 19.4. The van der Waals surface area contributed by atoms with E-state index in [1.54, 1.807) is 12.1 Å². The molecule has 1 aliphatic heterocycles. The normalized spacial score (nSPS) is 21.6. The fourth-order valence-electron chi connectivity index (χ4n) is 3.24. The molecule has 0 aromatic heterocycles. The number of hydrogen-bond acceptors (Lipinski definition) is 3. The van der Waals surface area contributed by atoms with E-state index < -0.39 is 36.4 Å². The number of amides is 1. The quantitative estimate of drug-likeness (QED) is 0.852. The number of aliphatic carboxylic acids is 1. The maximum atomic E-state index is 13.0. The lowest BCUT2D eigenvalue weighted by atomic mass is 9.86. The van der Waals surface area contributed by atoms with Crippen LogP contribution in [0.15, 0.2) is 24.3 Å². The highest BCUT2D eigenvalue weighted by Crippen LogP contribution is 2.37. The van der Waals surface area contributed by atoms with Crippen LogP contribution in [0.25, 0.3) is 0 Å². The summed E-state index contributed by atoms with van der Waals surface area (Å²) in [5, 5.41) is 11.8.